The van der Waals surface area contributed by atoms with Gasteiger partial charge in [-0.2, -0.15) is 13.2 Å². The molecule has 1 unspecified atom stereocenters. The maximum Gasteiger partial charge on any atom is 0.416 e. The molecule has 0 aliphatic carbocycles. The Balaban J connectivity index is 1.52. The van der Waals surface area contributed by atoms with Gasteiger partial charge in [-0.15, -0.1) is 0 Å². The second kappa shape index (κ2) is 11.1. The van der Waals surface area contributed by atoms with Crippen LogP contribution >= 0.6 is 11.6 Å². The highest BCUT2D eigenvalue weighted by molar-refractivity contribution is 6.30. The van der Waals surface area contributed by atoms with Crippen LogP contribution in [-0.2, 0) is 15.7 Å². The predicted octanol–water partition coefficient (Wildman–Crippen LogP) is 4.91. The quantitative estimate of drug-likeness (QED) is 0.539. The highest BCUT2D eigenvalue weighted by Crippen LogP contribution is 2.36. The minimum absolute atomic E-state index is 0.0261. The standard InChI is InChI=1S/C26H28ClF3N2O4/c27-21-6-8-22(9-7-21)36-18-25(16-23(33)31-12-14-35-15-13-31)10-1-11-32(17-25)24(34)19-2-4-20(5-3-19)26(28,29)30/h2-9H,1,10-18H2. The van der Waals surface area contributed by atoms with Crippen LogP contribution in [0.2, 0.25) is 5.02 Å². The van der Waals surface area contributed by atoms with Crippen molar-refractivity contribution >= 4 is 23.4 Å². The third-order valence-electron chi connectivity index (χ3n) is 6.66. The van der Waals surface area contributed by atoms with Crippen molar-refractivity contribution in [2.75, 3.05) is 46.0 Å². The zero-order chi connectivity index (χ0) is 25.8. The van der Waals surface area contributed by atoms with Gasteiger partial charge in [-0.1, -0.05) is 11.6 Å². The molecule has 2 aromatic rings. The third kappa shape index (κ3) is 6.50. The Morgan fingerprint density at radius 1 is 0.972 bits per heavy atom. The number of alkyl halides is 3. The van der Waals surface area contributed by atoms with Crippen LogP contribution in [0, 0.1) is 5.41 Å². The van der Waals surface area contributed by atoms with E-state index < -0.39 is 17.2 Å². The fourth-order valence-electron chi connectivity index (χ4n) is 4.69. The van der Waals surface area contributed by atoms with E-state index >= 15 is 0 Å². The van der Waals surface area contributed by atoms with Crippen molar-refractivity contribution in [2.45, 2.75) is 25.4 Å². The molecule has 1 atom stereocenters. The number of piperidine rings is 1. The van der Waals surface area contributed by atoms with Gasteiger partial charge in [-0.05, 0) is 61.4 Å². The van der Waals surface area contributed by atoms with Gasteiger partial charge in [0.25, 0.3) is 5.91 Å². The van der Waals surface area contributed by atoms with Gasteiger partial charge in [0.15, 0.2) is 0 Å². The molecule has 6 nitrogen and oxygen atoms in total. The van der Waals surface area contributed by atoms with E-state index in [0.29, 0.717) is 56.5 Å². The first-order chi connectivity index (χ1) is 17.2. The van der Waals surface area contributed by atoms with E-state index in [4.69, 9.17) is 21.1 Å². The summed E-state index contributed by atoms with van der Waals surface area (Å²) in [6, 6.07) is 11.1. The molecule has 2 amide bonds. The molecule has 0 saturated carbocycles. The maximum atomic E-state index is 13.2. The number of carbonyl (C=O) groups excluding carboxylic acids is 2. The Labute approximate surface area is 212 Å². The summed E-state index contributed by atoms with van der Waals surface area (Å²) in [6.07, 6.45) is -2.96. The molecule has 0 radical (unpaired) electrons. The molecule has 2 heterocycles. The van der Waals surface area contributed by atoms with Crippen molar-refractivity contribution in [3.8, 4) is 5.75 Å². The first-order valence-electron chi connectivity index (χ1n) is 11.9. The molecular weight excluding hydrogens is 497 g/mol. The van der Waals surface area contributed by atoms with Crippen LogP contribution < -0.4 is 4.74 Å². The molecule has 0 spiro atoms. The van der Waals surface area contributed by atoms with E-state index in [1.807, 2.05) is 0 Å². The van der Waals surface area contributed by atoms with Gasteiger partial charge in [0.05, 0.1) is 25.4 Å². The number of ether oxygens (including phenoxy) is 2. The lowest BCUT2D eigenvalue weighted by Crippen LogP contribution is -2.52. The molecule has 2 fully saturated rings. The summed E-state index contributed by atoms with van der Waals surface area (Å²) in [4.78, 5) is 29.8. The van der Waals surface area contributed by atoms with Crippen LogP contribution in [0.25, 0.3) is 0 Å². The van der Waals surface area contributed by atoms with Crippen molar-refractivity contribution in [2.24, 2.45) is 5.41 Å². The highest BCUT2D eigenvalue weighted by atomic mass is 35.5. The number of likely N-dealkylation sites (tertiary alicyclic amines) is 1. The average Bonchev–Trinajstić information content (AvgIpc) is 2.88. The normalized spacial score (nSPS) is 20.8. The monoisotopic (exact) mass is 524 g/mol. The van der Waals surface area contributed by atoms with Crippen molar-refractivity contribution < 1.29 is 32.2 Å². The zero-order valence-corrected chi connectivity index (χ0v) is 20.5. The van der Waals surface area contributed by atoms with Gasteiger partial charge >= 0.3 is 6.18 Å². The minimum Gasteiger partial charge on any atom is -0.493 e. The van der Waals surface area contributed by atoms with Crippen molar-refractivity contribution in [3.63, 3.8) is 0 Å². The van der Waals surface area contributed by atoms with Crippen LogP contribution in [-0.4, -0.2) is 67.6 Å². The summed E-state index contributed by atoms with van der Waals surface area (Å²) in [7, 11) is 0. The van der Waals surface area contributed by atoms with Gasteiger partial charge in [-0.25, -0.2) is 0 Å². The molecule has 4 rings (SSSR count). The molecule has 0 N–H and O–H groups in total. The Morgan fingerprint density at radius 3 is 2.28 bits per heavy atom. The van der Waals surface area contributed by atoms with Crippen LogP contribution in [0.5, 0.6) is 5.75 Å². The van der Waals surface area contributed by atoms with Gasteiger partial charge in [0.1, 0.15) is 5.75 Å². The van der Waals surface area contributed by atoms with Crippen LogP contribution in [0.1, 0.15) is 35.2 Å². The lowest BCUT2D eigenvalue weighted by atomic mass is 9.77. The number of rotatable bonds is 6. The lowest BCUT2D eigenvalue weighted by Gasteiger charge is -2.43. The molecule has 2 aliphatic heterocycles. The Kier molecular flexibility index (Phi) is 8.10. The van der Waals surface area contributed by atoms with Gasteiger partial charge in [0, 0.05) is 48.6 Å². The van der Waals surface area contributed by atoms with Crippen LogP contribution in [0.4, 0.5) is 13.2 Å². The number of nitrogens with zero attached hydrogens (tertiary/aromatic N) is 2. The summed E-state index contributed by atoms with van der Waals surface area (Å²) in [5, 5.41) is 0.575. The number of amides is 2. The van der Waals surface area contributed by atoms with E-state index in [2.05, 4.69) is 0 Å². The smallest absolute Gasteiger partial charge is 0.416 e. The fourth-order valence-corrected chi connectivity index (χ4v) is 4.82. The SMILES string of the molecule is O=C(CC1(COc2ccc(Cl)cc2)CCCN(C(=O)c2ccc(C(F)(F)F)cc2)C1)N1CCOCC1. The highest BCUT2D eigenvalue weighted by Gasteiger charge is 2.41. The number of hydrogen-bond donors (Lipinski definition) is 0. The van der Waals surface area contributed by atoms with Crippen LogP contribution in [0.15, 0.2) is 48.5 Å². The van der Waals surface area contributed by atoms with E-state index in [-0.39, 0.29) is 37.0 Å². The van der Waals surface area contributed by atoms with E-state index in [1.54, 1.807) is 34.1 Å². The zero-order valence-electron chi connectivity index (χ0n) is 19.7. The van der Waals surface area contributed by atoms with Crippen molar-refractivity contribution in [1.82, 2.24) is 9.80 Å². The summed E-state index contributed by atoms with van der Waals surface area (Å²) in [5.41, 5.74) is -1.27. The number of benzene rings is 2. The third-order valence-corrected chi connectivity index (χ3v) is 6.91. The Morgan fingerprint density at radius 2 is 1.64 bits per heavy atom. The second-order valence-corrected chi connectivity index (χ2v) is 9.75. The van der Waals surface area contributed by atoms with E-state index in [0.717, 1.165) is 12.1 Å². The first kappa shape index (κ1) is 26.3. The fraction of sp³-hybridized carbons (Fsp3) is 0.462. The summed E-state index contributed by atoms with van der Waals surface area (Å²) < 4.78 is 50.2. The number of hydrogen-bond acceptors (Lipinski definition) is 4. The lowest BCUT2D eigenvalue weighted by molar-refractivity contribution is -0.139. The molecule has 10 heteroatoms. The molecule has 2 aromatic carbocycles. The largest absolute Gasteiger partial charge is 0.493 e. The molecular formula is C26H28ClF3N2O4. The van der Waals surface area contributed by atoms with Gasteiger partial charge in [-0.3, -0.25) is 9.59 Å². The molecule has 0 aromatic heterocycles. The van der Waals surface area contributed by atoms with Crippen molar-refractivity contribution in [1.29, 1.82) is 0 Å². The van der Waals surface area contributed by atoms with E-state index in [9.17, 15) is 22.8 Å². The molecule has 2 saturated heterocycles. The number of halogens is 4. The predicted molar refractivity (Wildman–Crippen MR) is 128 cm³/mol. The number of morpholine rings is 1. The van der Waals surface area contributed by atoms with Gasteiger partial charge < -0.3 is 19.3 Å². The van der Waals surface area contributed by atoms with Crippen LogP contribution in [0.3, 0.4) is 0 Å². The first-order valence-corrected chi connectivity index (χ1v) is 12.2. The van der Waals surface area contributed by atoms with E-state index in [1.165, 1.54) is 12.1 Å². The summed E-state index contributed by atoms with van der Waals surface area (Å²) in [5.74, 6) is 0.212. The minimum atomic E-state index is -4.47. The average molecular weight is 525 g/mol. The van der Waals surface area contributed by atoms with Crippen molar-refractivity contribution in [3.05, 3.63) is 64.7 Å². The molecule has 0 bridgehead atoms. The maximum absolute atomic E-state index is 13.2. The molecule has 2 aliphatic rings. The number of carbonyl (C=O) groups is 2. The second-order valence-electron chi connectivity index (χ2n) is 9.32. The van der Waals surface area contributed by atoms with Gasteiger partial charge in [0.2, 0.25) is 5.91 Å². The molecule has 194 valence electrons. The summed E-state index contributed by atoms with van der Waals surface area (Å²) in [6.45, 7) is 2.92. The summed E-state index contributed by atoms with van der Waals surface area (Å²) >= 11 is 5.97. The Bertz CT molecular complexity index is 1060. The topological polar surface area (TPSA) is 59.1 Å². The molecule has 36 heavy (non-hydrogen) atoms. The Hall–Kier alpha value is -2.78.